The Bertz CT molecular complexity index is 987. The minimum Gasteiger partial charge on any atom is -0.491 e. The average molecular weight is 411 g/mol. The molecule has 9 nitrogen and oxygen atoms in total. The summed E-state index contributed by atoms with van der Waals surface area (Å²) in [5.74, 6) is 0.741. The minimum absolute atomic E-state index is 0.153. The first-order chi connectivity index (χ1) is 14.5. The highest BCUT2D eigenvalue weighted by Crippen LogP contribution is 2.31. The van der Waals surface area contributed by atoms with Crippen molar-refractivity contribution < 1.29 is 19.4 Å². The van der Waals surface area contributed by atoms with Gasteiger partial charge in [-0.1, -0.05) is 0 Å². The lowest BCUT2D eigenvalue weighted by Gasteiger charge is -2.16. The Hall–Kier alpha value is -3.46. The molecule has 1 aliphatic heterocycles. The number of aliphatic hydroxyl groups is 1. The molecule has 30 heavy (non-hydrogen) atoms. The van der Waals surface area contributed by atoms with Crippen molar-refractivity contribution in [2.45, 2.75) is 19.6 Å². The van der Waals surface area contributed by atoms with E-state index >= 15 is 0 Å². The van der Waals surface area contributed by atoms with Gasteiger partial charge in [0.15, 0.2) is 5.75 Å². The summed E-state index contributed by atoms with van der Waals surface area (Å²) in [4.78, 5) is 27.4. The molecule has 2 N–H and O–H groups in total. The molecule has 1 unspecified atom stereocenters. The van der Waals surface area contributed by atoms with E-state index in [1.165, 1.54) is 7.11 Å². The van der Waals surface area contributed by atoms with Crippen LogP contribution in [0.1, 0.15) is 23.0 Å². The smallest absolute Gasteiger partial charge is 0.260 e. The number of amides is 1. The molecule has 2 aromatic heterocycles. The zero-order chi connectivity index (χ0) is 21.7. The SMILES string of the molecule is C/N=C\C(=C/NCC(C)O)N1Cc2nc(-c3cnc(OC)c(OC)c3)ccc2C1=O. The van der Waals surface area contributed by atoms with Crippen LogP contribution in [0.15, 0.2) is 41.3 Å². The number of allylic oxidation sites excluding steroid dienone is 1. The van der Waals surface area contributed by atoms with Crippen molar-refractivity contribution in [1.82, 2.24) is 20.2 Å². The van der Waals surface area contributed by atoms with Crippen LogP contribution in [0, 0.1) is 0 Å². The van der Waals surface area contributed by atoms with E-state index in [0.29, 0.717) is 47.4 Å². The van der Waals surface area contributed by atoms with Gasteiger partial charge in [0, 0.05) is 37.8 Å². The van der Waals surface area contributed by atoms with Crippen molar-refractivity contribution in [2.24, 2.45) is 4.99 Å². The Morgan fingerprint density at radius 3 is 2.87 bits per heavy atom. The highest BCUT2D eigenvalue weighted by atomic mass is 16.5. The summed E-state index contributed by atoms with van der Waals surface area (Å²) in [5, 5.41) is 12.4. The fourth-order valence-electron chi connectivity index (χ4n) is 3.08. The number of aromatic nitrogens is 2. The molecule has 0 bridgehead atoms. The summed E-state index contributed by atoms with van der Waals surface area (Å²) < 4.78 is 10.5. The van der Waals surface area contributed by atoms with E-state index in [2.05, 4.69) is 20.3 Å². The maximum absolute atomic E-state index is 12.9. The van der Waals surface area contributed by atoms with Crippen LogP contribution in [0.4, 0.5) is 0 Å². The lowest BCUT2D eigenvalue weighted by molar-refractivity contribution is 0.0834. The third kappa shape index (κ3) is 4.41. The Morgan fingerprint density at radius 2 is 2.20 bits per heavy atom. The van der Waals surface area contributed by atoms with Gasteiger partial charge < -0.3 is 19.9 Å². The summed E-state index contributed by atoms with van der Waals surface area (Å²) in [6.45, 7) is 2.36. The molecule has 0 radical (unpaired) electrons. The highest BCUT2D eigenvalue weighted by Gasteiger charge is 2.31. The summed E-state index contributed by atoms with van der Waals surface area (Å²) in [5.41, 5.74) is 3.23. The van der Waals surface area contributed by atoms with E-state index in [0.717, 1.165) is 5.56 Å². The number of methoxy groups -OCH3 is 2. The van der Waals surface area contributed by atoms with Crippen molar-refractivity contribution in [3.05, 3.63) is 47.6 Å². The predicted octanol–water partition coefficient (Wildman–Crippen LogP) is 1.63. The molecule has 9 heteroatoms. The molecule has 1 amide bonds. The molecule has 0 spiro atoms. The number of pyridine rings is 2. The van der Waals surface area contributed by atoms with Crippen molar-refractivity contribution in [1.29, 1.82) is 0 Å². The quantitative estimate of drug-likeness (QED) is 0.636. The van der Waals surface area contributed by atoms with E-state index in [1.54, 1.807) is 62.8 Å². The number of carbonyl (C=O) groups excluding carboxylic acids is 1. The second-order valence-electron chi connectivity index (χ2n) is 6.73. The van der Waals surface area contributed by atoms with Gasteiger partial charge >= 0.3 is 0 Å². The van der Waals surface area contributed by atoms with Gasteiger partial charge in [0.25, 0.3) is 11.8 Å². The van der Waals surface area contributed by atoms with Gasteiger partial charge in [-0.25, -0.2) is 4.98 Å². The van der Waals surface area contributed by atoms with Crippen molar-refractivity contribution in [2.75, 3.05) is 27.8 Å². The number of hydrogen-bond donors (Lipinski definition) is 2. The normalized spacial score (nSPS) is 14.8. The number of fused-ring (bicyclic) bond motifs is 1. The van der Waals surface area contributed by atoms with Gasteiger partial charge in [-0.2, -0.15) is 0 Å². The molecule has 3 rings (SSSR count). The molecule has 0 fully saturated rings. The largest absolute Gasteiger partial charge is 0.491 e. The zero-order valence-electron chi connectivity index (χ0n) is 17.4. The lowest BCUT2D eigenvalue weighted by atomic mass is 10.1. The first kappa shape index (κ1) is 21.3. The average Bonchev–Trinajstić information content (AvgIpc) is 3.08. The van der Waals surface area contributed by atoms with E-state index in [4.69, 9.17) is 9.47 Å². The van der Waals surface area contributed by atoms with Crippen LogP contribution in [0.5, 0.6) is 11.6 Å². The molecule has 0 saturated heterocycles. The topological polar surface area (TPSA) is 109 Å². The monoisotopic (exact) mass is 411 g/mol. The first-order valence-corrected chi connectivity index (χ1v) is 9.42. The molecule has 0 aromatic carbocycles. The number of rotatable bonds is 8. The van der Waals surface area contributed by atoms with E-state index < -0.39 is 6.10 Å². The number of hydrogen-bond acceptors (Lipinski definition) is 8. The molecule has 0 saturated carbocycles. The summed E-state index contributed by atoms with van der Waals surface area (Å²) in [6.07, 6.45) is 4.41. The Kier molecular flexibility index (Phi) is 6.63. The summed E-state index contributed by atoms with van der Waals surface area (Å²) in [6, 6.07) is 5.34. The van der Waals surface area contributed by atoms with Crippen molar-refractivity contribution in [3.8, 4) is 22.9 Å². The molecule has 2 aromatic rings. The van der Waals surface area contributed by atoms with Crippen LogP contribution >= 0.6 is 0 Å². The lowest BCUT2D eigenvalue weighted by Crippen LogP contribution is -2.27. The minimum atomic E-state index is -0.508. The first-order valence-electron chi connectivity index (χ1n) is 9.42. The molecule has 0 aliphatic carbocycles. The molecular formula is C21H25N5O4. The third-order valence-electron chi connectivity index (χ3n) is 4.52. The van der Waals surface area contributed by atoms with Crippen LogP contribution in [0.2, 0.25) is 0 Å². The summed E-state index contributed by atoms with van der Waals surface area (Å²) in [7, 11) is 4.71. The predicted molar refractivity (Wildman–Crippen MR) is 113 cm³/mol. The second-order valence-corrected chi connectivity index (χ2v) is 6.73. The van der Waals surface area contributed by atoms with Crippen LogP contribution in [0.25, 0.3) is 11.3 Å². The summed E-state index contributed by atoms with van der Waals surface area (Å²) >= 11 is 0. The number of aliphatic imine (C=N–C) groups is 1. The number of carbonyl (C=O) groups is 1. The van der Waals surface area contributed by atoms with E-state index in [1.807, 2.05) is 0 Å². The number of aliphatic hydroxyl groups excluding tert-OH is 1. The van der Waals surface area contributed by atoms with Gasteiger partial charge in [-0.15, -0.1) is 0 Å². The molecule has 1 aliphatic rings. The zero-order valence-corrected chi connectivity index (χ0v) is 17.4. The second kappa shape index (κ2) is 9.36. The number of nitrogens with zero attached hydrogens (tertiary/aromatic N) is 4. The van der Waals surface area contributed by atoms with Crippen LogP contribution < -0.4 is 14.8 Å². The number of ether oxygens (including phenoxy) is 2. The molecular weight excluding hydrogens is 386 g/mol. The molecule has 158 valence electrons. The maximum atomic E-state index is 12.9. The Balaban J connectivity index is 1.88. The van der Waals surface area contributed by atoms with Crippen LogP contribution in [0.3, 0.4) is 0 Å². The maximum Gasteiger partial charge on any atom is 0.260 e. The van der Waals surface area contributed by atoms with Gasteiger partial charge in [0.1, 0.15) is 0 Å². The Morgan fingerprint density at radius 1 is 1.40 bits per heavy atom. The van der Waals surface area contributed by atoms with E-state index in [9.17, 15) is 9.90 Å². The van der Waals surface area contributed by atoms with Gasteiger partial charge in [0.05, 0.1) is 49.5 Å². The van der Waals surface area contributed by atoms with E-state index in [-0.39, 0.29) is 5.91 Å². The molecule has 1 atom stereocenters. The van der Waals surface area contributed by atoms with Gasteiger partial charge in [-0.3, -0.25) is 19.7 Å². The molecule has 3 heterocycles. The van der Waals surface area contributed by atoms with Gasteiger partial charge in [-0.05, 0) is 25.1 Å². The Labute approximate surface area is 175 Å². The van der Waals surface area contributed by atoms with Crippen LogP contribution in [-0.4, -0.2) is 66.0 Å². The fraction of sp³-hybridized carbons (Fsp3) is 0.333. The third-order valence-corrected chi connectivity index (χ3v) is 4.52. The highest BCUT2D eigenvalue weighted by molar-refractivity contribution is 6.02. The van der Waals surface area contributed by atoms with Gasteiger partial charge in [0.2, 0.25) is 0 Å². The van der Waals surface area contributed by atoms with Crippen LogP contribution in [-0.2, 0) is 6.54 Å². The van der Waals surface area contributed by atoms with Crippen molar-refractivity contribution in [3.63, 3.8) is 0 Å². The standard InChI is InChI=1S/C21H25N5O4/c1-13(27)8-23-11-15(10-22-2)26-12-18-16(21(26)28)5-6-17(25-18)14-7-19(29-3)20(30-4)24-9-14/h5-7,9-11,13,23,27H,8,12H2,1-4H3/b15-11+,22-10-. The number of nitrogens with one attached hydrogen (secondary N) is 1. The van der Waals surface area contributed by atoms with Crippen molar-refractivity contribution >= 4 is 12.1 Å². The fourth-order valence-corrected chi connectivity index (χ4v) is 3.08.